The first-order chi connectivity index (χ1) is 7.88. The van der Waals surface area contributed by atoms with Crippen LogP contribution < -0.4 is 9.47 Å². The van der Waals surface area contributed by atoms with E-state index in [-0.39, 0.29) is 6.79 Å². The van der Waals surface area contributed by atoms with Crippen LogP contribution in [0.2, 0.25) is 0 Å². The van der Waals surface area contributed by atoms with Gasteiger partial charge in [-0.15, -0.1) is 0 Å². The van der Waals surface area contributed by atoms with Crippen molar-refractivity contribution < 1.29 is 9.47 Å². The topological polar surface area (TPSA) is 54.6 Å². The Morgan fingerprint density at radius 2 is 2.12 bits per heavy atom. The van der Waals surface area contributed by atoms with E-state index in [1.165, 1.54) is 5.56 Å². The van der Waals surface area contributed by atoms with Gasteiger partial charge in [0.2, 0.25) is 6.79 Å². The van der Waals surface area contributed by atoms with E-state index in [9.17, 15) is 0 Å². The zero-order valence-electron chi connectivity index (χ0n) is 8.69. The smallest absolute Gasteiger partial charge is 0.231 e. The van der Waals surface area contributed by atoms with Crippen molar-refractivity contribution in [2.45, 2.75) is 12.8 Å². The van der Waals surface area contributed by atoms with Crippen molar-refractivity contribution in [1.29, 1.82) is 5.26 Å². The number of hydrogen-bond acceptors (Lipinski definition) is 4. The summed E-state index contributed by atoms with van der Waals surface area (Å²) in [7, 11) is 0. The Hall–Kier alpha value is -2.02. The third-order valence-electron chi connectivity index (χ3n) is 2.84. The van der Waals surface area contributed by atoms with E-state index in [1.54, 1.807) is 0 Å². The summed E-state index contributed by atoms with van der Waals surface area (Å²) in [5.74, 6) is 1.56. The van der Waals surface area contributed by atoms with Gasteiger partial charge in [0.1, 0.15) is 0 Å². The SMILES string of the molecule is N#CCC1=NCCc2cc3c(cc21)OCO3. The van der Waals surface area contributed by atoms with Gasteiger partial charge in [-0.1, -0.05) is 0 Å². The number of benzene rings is 1. The number of nitriles is 1. The summed E-state index contributed by atoms with van der Waals surface area (Å²) in [6, 6.07) is 6.08. The Kier molecular flexibility index (Phi) is 2.03. The molecule has 80 valence electrons. The maximum absolute atomic E-state index is 8.75. The van der Waals surface area contributed by atoms with Gasteiger partial charge < -0.3 is 9.47 Å². The predicted octanol–water partition coefficient (Wildman–Crippen LogP) is 1.67. The maximum atomic E-state index is 8.75. The molecule has 1 aromatic rings. The fraction of sp³-hybridized carbons (Fsp3) is 0.333. The van der Waals surface area contributed by atoms with Gasteiger partial charge >= 0.3 is 0 Å². The first-order valence-corrected chi connectivity index (χ1v) is 5.21. The summed E-state index contributed by atoms with van der Waals surface area (Å²) >= 11 is 0. The van der Waals surface area contributed by atoms with E-state index in [0.717, 1.165) is 35.7 Å². The fourth-order valence-electron chi connectivity index (χ4n) is 2.08. The van der Waals surface area contributed by atoms with Crippen molar-refractivity contribution in [3.05, 3.63) is 23.3 Å². The molecule has 2 heterocycles. The summed E-state index contributed by atoms with van der Waals surface area (Å²) < 4.78 is 10.7. The zero-order chi connectivity index (χ0) is 11.0. The lowest BCUT2D eigenvalue weighted by Crippen LogP contribution is -2.12. The molecule has 0 aromatic heterocycles. The van der Waals surface area contributed by atoms with Gasteiger partial charge in [0.25, 0.3) is 0 Å². The summed E-state index contributed by atoms with van der Waals surface area (Å²) in [4.78, 5) is 4.38. The van der Waals surface area contributed by atoms with Crippen LogP contribution in [0.1, 0.15) is 17.5 Å². The highest BCUT2D eigenvalue weighted by Crippen LogP contribution is 2.36. The van der Waals surface area contributed by atoms with Crippen LogP contribution in [0.5, 0.6) is 11.5 Å². The average molecular weight is 214 g/mol. The molecular formula is C12H10N2O2. The van der Waals surface area contributed by atoms with Crippen LogP contribution in [0.15, 0.2) is 17.1 Å². The summed E-state index contributed by atoms with van der Waals surface area (Å²) in [5.41, 5.74) is 3.10. The van der Waals surface area contributed by atoms with Crippen LogP contribution in [0.3, 0.4) is 0 Å². The zero-order valence-corrected chi connectivity index (χ0v) is 8.69. The van der Waals surface area contributed by atoms with Crippen LogP contribution in [-0.4, -0.2) is 19.0 Å². The molecule has 4 heteroatoms. The molecule has 16 heavy (non-hydrogen) atoms. The molecule has 0 saturated carbocycles. The van der Waals surface area contributed by atoms with Gasteiger partial charge in [-0.3, -0.25) is 4.99 Å². The van der Waals surface area contributed by atoms with Gasteiger partial charge in [0, 0.05) is 12.1 Å². The highest BCUT2D eigenvalue weighted by molar-refractivity contribution is 6.04. The van der Waals surface area contributed by atoms with Crippen LogP contribution in [0.25, 0.3) is 0 Å². The number of fused-ring (bicyclic) bond motifs is 2. The Bertz CT molecular complexity index is 514. The molecule has 2 aliphatic rings. The van der Waals surface area contributed by atoms with Gasteiger partial charge in [0.15, 0.2) is 11.5 Å². The lowest BCUT2D eigenvalue weighted by Gasteiger charge is -2.15. The normalized spacial score (nSPS) is 16.3. The minimum atomic E-state index is 0.281. The molecule has 0 atom stereocenters. The largest absolute Gasteiger partial charge is 0.454 e. The van der Waals surface area contributed by atoms with E-state index in [4.69, 9.17) is 14.7 Å². The molecule has 0 spiro atoms. The number of hydrogen-bond donors (Lipinski definition) is 0. The molecule has 0 saturated heterocycles. The second-order valence-electron chi connectivity index (χ2n) is 3.78. The lowest BCUT2D eigenvalue weighted by molar-refractivity contribution is 0.174. The van der Waals surface area contributed by atoms with Crippen LogP contribution in [-0.2, 0) is 6.42 Å². The molecule has 0 radical (unpaired) electrons. The van der Waals surface area contributed by atoms with E-state index >= 15 is 0 Å². The summed E-state index contributed by atoms with van der Waals surface area (Å²) in [6.07, 6.45) is 1.26. The highest BCUT2D eigenvalue weighted by Gasteiger charge is 2.21. The average Bonchev–Trinajstić information content (AvgIpc) is 2.74. The molecule has 2 aliphatic heterocycles. The number of aliphatic imine (C=N–C) groups is 1. The van der Waals surface area contributed by atoms with Crippen molar-refractivity contribution in [2.75, 3.05) is 13.3 Å². The Morgan fingerprint density at radius 1 is 1.31 bits per heavy atom. The third-order valence-corrected chi connectivity index (χ3v) is 2.84. The number of nitrogens with zero attached hydrogens (tertiary/aromatic N) is 2. The Morgan fingerprint density at radius 3 is 2.94 bits per heavy atom. The Labute approximate surface area is 93.1 Å². The Balaban J connectivity index is 2.09. The fourth-order valence-corrected chi connectivity index (χ4v) is 2.08. The first kappa shape index (κ1) is 9.22. The van der Waals surface area contributed by atoms with Gasteiger partial charge in [-0.2, -0.15) is 5.26 Å². The molecule has 0 fully saturated rings. The van der Waals surface area contributed by atoms with Crippen molar-refractivity contribution >= 4 is 5.71 Å². The third kappa shape index (κ3) is 1.33. The molecule has 0 aliphatic carbocycles. The number of ether oxygens (including phenoxy) is 2. The van der Waals surface area contributed by atoms with Gasteiger partial charge in [-0.05, 0) is 24.1 Å². The maximum Gasteiger partial charge on any atom is 0.231 e. The monoisotopic (exact) mass is 214 g/mol. The second-order valence-corrected chi connectivity index (χ2v) is 3.78. The molecule has 0 bridgehead atoms. The van der Waals surface area contributed by atoms with E-state index in [1.807, 2.05) is 12.1 Å². The molecule has 0 N–H and O–H groups in total. The standard InChI is InChI=1S/C12H10N2O2/c13-3-1-10-9-6-12-11(15-7-16-12)5-8(9)2-4-14-10/h5-6H,1-2,4,7H2. The minimum absolute atomic E-state index is 0.281. The predicted molar refractivity (Wildman–Crippen MR) is 57.9 cm³/mol. The quantitative estimate of drug-likeness (QED) is 0.714. The van der Waals surface area contributed by atoms with Crippen molar-refractivity contribution in [3.63, 3.8) is 0 Å². The van der Waals surface area contributed by atoms with Crippen molar-refractivity contribution in [2.24, 2.45) is 4.99 Å². The van der Waals surface area contributed by atoms with Crippen LogP contribution in [0.4, 0.5) is 0 Å². The van der Waals surface area contributed by atoms with Gasteiger partial charge in [0.05, 0.1) is 18.2 Å². The molecule has 3 rings (SSSR count). The van der Waals surface area contributed by atoms with Gasteiger partial charge in [-0.25, -0.2) is 0 Å². The van der Waals surface area contributed by atoms with Crippen LogP contribution in [0, 0.1) is 11.3 Å². The summed E-state index contributed by atoms with van der Waals surface area (Å²) in [5, 5.41) is 8.75. The number of rotatable bonds is 1. The second kappa shape index (κ2) is 3.53. The molecule has 0 amide bonds. The molecular weight excluding hydrogens is 204 g/mol. The summed E-state index contributed by atoms with van der Waals surface area (Å²) in [6.45, 7) is 1.03. The minimum Gasteiger partial charge on any atom is -0.454 e. The van der Waals surface area contributed by atoms with Crippen LogP contribution >= 0.6 is 0 Å². The van der Waals surface area contributed by atoms with E-state index in [2.05, 4.69) is 11.1 Å². The van der Waals surface area contributed by atoms with Crippen molar-refractivity contribution in [1.82, 2.24) is 0 Å². The van der Waals surface area contributed by atoms with E-state index in [0.29, 0.717) is 6.42 Å². The molecule has 0 unspecified atom stereocenters. The molecule has 1 aromatic carbocycles. The lowest BCUT2D eigenvalue weighted by atomic mass is 9.95. The first-order valence-electron chi connectivity index (χ1n) is 5.21. The molecule has 4 nitrogen and oxygen atoms in total. The van der Waals surface area contributed by atoms with Crippen molar-refractivity contribution in [3.8, 4) is 17.6 Å². The van der Waals surface area contributed by atoms with E-state index < -0.39 is 0 Å². The highest BCUT2D eigenvalue weighted by atomic mass is 16.7.